The zero-order valence-corrected chi connectivity index (χ0v) is 10.2. The first-order valence-corrected chi connectivity index (χ1v) is 5.37. The Labute approximate surface area is 95.9 Å². The van der Waals surface area contributed by atoms with Crippen molar-refractivity contribution in [1.29, 1.82) is 0 Å². The highest BCUT2D eigenvalue weighted by Gasteiger charge is 2.11. The van der Waals surface area contributed by atoms with Crippen LogP contribution in [0.1, 0.15) is 16.7 Å². The van der Waals surface area contributed by atoms with Crippen molar-refractivity contribution in [2.75, 3.05) is 5.73 Å². The van der Waals surface area contributed by atoms with E-state index < -0.39 is 0 Å². The number of anilines is 1. The van der Waals surface area contributed by atoms with Gasteiger partial charge in [-0.3, -0.25) is 4.68 Å². The smallest absolute Gasteiger partial charge is 0.129 e. The number of aryl methyl sites for hydroxylation is 2. The molecule has 1 aromatic heterocycles. The van der Waals surface area contributed by atoms with Gasteiger partial charge in [0.25, 0.3) is 0 Å². The van der Waals surface area contributed by atoms with Crippen LogP contribution in [-0.4, -0.2) is 9.78 Å². The number of benzene rings is 1. The van der Waals surface area contributed by atoms with Gasteiger partial charge in [-0.15, -0.1) is 0 Å². The van der Waals surface area contributed by atoms with E-state index in [9.17, 15) is 0 Å². The molecule has 0 fully saturated rings. The summed E-state index contributed by atoms with van der Waals surface area (Å²) in [4.78, 5) is 0. The summed E-state index contributed by atoms with van der Waals surface area (Å²) < 4.78 is 1.70. The molecule has 0 saturated heterocycles. The van der Waals surface area contributed by atoms with Crippen LogP contribution in [-0.2, 0) is 7.05 Å². The highest BCUT2D eigenvalue weighted by molar-refractivity contribution is 5.77. The molecule has 16 heavy (non-hydrogen) atoms. The lowest BCUT2D eigenvalue weighted by atomic mass is 9.95. The Bertz CT molecular complexity index is 538. The van der Waals surface area contributed by atoms with Crippen molar-refractivity contribution >= 4 is 5.82 Å². The molecule has 3 nitrogen and oxygen atoms in total. The van der Waals surface area contributed by atoms with Gasteiger partial charge in [-0.1, -0.05) is 12.1 Å². The molecule has 2 rings (SSSR count). The largest absolute Gasteiger partial charge is 0.383 e. The average Bonchev–Trinajstić information content (AvgIpc) is 2.58. The molecule has 0 amide bonds. The van der Waals surface area contributed by atoms with Crippen molar-refractivity contribution in [2.45, 2.75) is 20.8 Å². The van der Waals surface area contributed by atoms with Gasteiger partial charge in [0.05, 0.1) is 6.20 Å². The molecule has 0 aliphatic rings. The lowest BCUT2D eigenvalue weighted by Crippen LogP contribution is -1.99. The highest BCUT2D eigenvalue weighted by atomic mass is 15.3. The van der Waals surface area contributed by atoms with E-state index >= 15 is 0 Å². The zero-order valence-electron chi connectivity index (χ0n) is 10.2. The van der Waals surface area contributed by atoms with Crippen LogP contribution in [0.3, 0.4) is 0 Å². The van der Waals surface area contributed by atoms with Crippen molar-refractivity contribution in [3.05, 3.63) is 35.0 Å². The van der Waals surface area contributed by atoms with E-state index in [0.29, 0.717) is 5.82 Å². The SMILES string of the molecule is Cc1ccc(-c2cnn(C)c2N)c(C)c1C. The molecule has 0 aliphatic carbocycles. The zero-order chi connectivity index (χ0) is 11.9. The minimum absolute atomic E-state index is 0.714. The van der Waals surface area contributed by atoms with Crippen LogP contribution in [0.25, 0.3) is 11.1 Å². The van der Waals surface area contributed by atoms with Crippen molar-refractivity contribution in [3.63, 3.8) is 0 Å². The lowest BCUT2D eigenvalue weighted by molar-refractivity contribution is 0.779. The molecule has 1 aromatic carbocycles. The summed E-state index contributed by atoms with van der Waals surface area (Å²) in [5.74, 6) is 0.714. The summed E-state index contributed by atoms with van der Waals surface area (Å²) >= 11 is 0. The third-order valence-corrected chi connectivity index (χ3v) is 3.33. The summed E-state index contributed by atoms with van der Waals surface area (Å²) in [5.41, 5.74) is 12.1. The molecule has 0 bridgehead atoms. The first-order chi connectivity index (χ1) is 7.52. The first kappa shape index (κ1) is 10.7. The summed E-state index contributed by atoms with van der Waals surface area (Å²) in [6, 6.07) is 4.25. The Morgan fingerprint density at radius 2 is 1.75 bits per heavy atom. The molecule has 0 aliphatic heterocycles. The maximum absolute atomic E-state index is 5.99. The Balaban J connectivity index is 2.66. The lowest BCUT2D eigenvalue weighted by Gasteiger charge is -2.10. The molecular weight excluding hydrogens is 198 g/mol. The highest BCUT2D eigenvalue weighted by Crippen LogP contribution is 2.30. The van der Waals surface area contributed by atoms with Crippen LogP contribution in [0.5, 0.6) is 0 Å². The summed E-state index contributed by atoms with van der Waals surface area (Å²) in [6.45, 7) is 6.39. The summed E-state index contributed by atoms with van der Waals surface area (Å²) in [7, 11) is 1.86. The molecular formula is C13H17N3. The molecule has 2 aromatic rings. The standard InChI is InChI=1S/C13H17N3/c1-8-5-6-11(10(3)9(8)2)12-7-15-16(4)13(12)14/h5-7H,14H2,1-4H3. The molecule has 0 atom stereocenters. The van der Waals surface area contributed by atoms with Gasteiger partial charge in [0.1, 0.15) is 5.82 Å². The fraction of sp³-hybridized carbons (Fsp3) is 0.308. The third kappa shape index (κ3) is 1.48. The average molecular weight is 215 g/mol. The van der Waals surface area contributed by atoms with E-state index in [2.05, 4.69) is 38.0 Å². The topological polar surface area (TPSA) is 43.8 Å². The minimum Gasteiger partial charge on any atom is -0.383 e. The molecule has 0 unspecified atom stereocenters. The molecule has 3 heteroatoms. The Kier molecular flexibility index (Phi) is 2.46. The van der Waals surface area contributed by atoms with Gasteiger partial charge in [-0.05, 0) is 43.0 Å². The van der Waals surface area contributed by atoms with Crippen molar-refractivity contribution in [2.24, 2.45) is 7.05 Å². The summed E-state index contributed by atoms with van der Waals surface area (Å²) in [5, 5.41) is 4.18. The Hall–Kier alpha value is -1.77. The van der Waals surface area contributed by atoms with E-state index in [4.69, 9.17) is 5.73 Å². The van der Waals surface area contributed by atoms with Crippen LogP contribution in [0.4, 0.5) is 5.82 Å². The second-order valence-corrected chi connectivity index (χ2v) is 4.25. The molecule has 0 saturated carbocycles. The van der Waals surface area contributed by atoms with E-state index in [1.165, 1.54) is 22.3 Å². The number of rotatable bonds is 1. The van der Waals surface area contributed by atoms with Gasteiger partial charge >= 0.3 is 0 Å². The van der Waals surface area contributed by atoms with Crippen LogP contribution in [0.2, 0.25) is 0 Å². The molecule has 1 heterocycles. The van der Waals surface area contributed by atoms with Crippen molar-refractivity contribution < 1.29 is 0 Å². The van der Waals surface area contributed by atoms with E-state index in [-0.39, 0.29) is 0 Å². The van der Waals surface area contributed by atoms with Crippen LogP contribution in [0, 0.1) is 20.8 Å². The fourth-order valence-electron chi connectivity index (χ4n) is 1.90. The van der Waals surface area contributed by atoms with Gasteiger partial charge in [0, 0.05) is 12.6 Å². The van der Waals surface area contributed by atoms with Crippen molar-refractivity contribution in [1.82, 2.24) is 9.78 Å². The number of nitrogen functional groups attached to an aromatic ring is 1. The number of nitrogens with two attached hydrogens (primary N) is 1. The predicted molar refractivity (Wildman–Crippen MR) is 67.3 cm³/mol. The number of hydrogen-bond donors (Lipinski definition) is 1. The quantitative estimate of drug-likeness (QED) is 0.794. The molecule has 2 N–H and O–H groups in total. The van der Waals surface area contributed by atoms with Gasteiger partial charge in [0.2, 0.25) is 0 Å². The third-order valence-electron chi connectivity index (χ3n) is 3.33. The Morgan fingerprint density at radius 3 is 2.31 bits per heavy atom. The second-order valence-electron chi connectivity index (χ2n) is 4.25. The van der Waals surface area contributed by atoms with Gasteiger partial charge in [-0.25, -0.2) is 0 Å². The monoisotopic (exact) mass is 215 g/mol. The first-order valence-electron chi connectivity index (χ1n) is 5.37. The maximum atomic E-state index is 5.99. The fourth-order valence-corrected chi connectivity index (χ4v) is 1.90. The van der Waals surface area contributed by atoms with Gasteiger partial charge < -0.3 is 5.73 Å². The van der Waals surface area contributed by atoms with E-state index in [1.54, 1.807) is 4.68 Å². The van der Waals surface area contributed by atoms with E-state index in [0.717, 1.165) is 5.56 Å². The molecule has 0 radical (unpaired) electrons. The normalized spacial score (nSPS) is 10.8. The van der Waals surface area contributed by atoms with Gasteiger partial charge in [0.15, 0.2) is 0 Å². The Morgan fingerprint density at radius 1 is 1.06 bits per heavy atom. The number of nitrogens with zero attached hydrogens (tertiary/aromatic N) is 2. The van der Waals surface area contributed by atoms with Crippen LogP contribution in [0.15, 0.2) is 18.3 Å². The number of aromatic nitrogens is 2. The predicted octanol–water partition coefficient (Wildman–Crippen LogP) is 2.59. The van der Waals surface area contributed by atoms with Crippen LogP contribution >= 0.6 is 0 Å². The minimum atomic E-state index is 0.714. The van der Waals surface area contributed by atoms with Crippen molar-refractivity contribution in [3.8, 4) is 11.1 Å². The maximum Gasteiger partial charge on any atom is 0.129 e. The second kappa shape index (κ2) is 3.67. The van der Waals surface area contributed by atoms with Crippen LogP contribution < -0.4 is 5.73 Å². The van der Waals surface area contributed by atoms with Gasteiger partial charge in [-0.2, -0.15) is 5.10 Å². The number of hydrogen-bond acceptors (Lipinski definition) is 2. The van der Waals surface area contributed by atoms with E-state index in [1.807, 2.05) is 13.2 Å². The molecule has 0 spiro atoms. The molecule has 84 valence electrons. The summed E-state index contributed by atoms with van der Waals surface area (Å²) in [6.07, 6.45) is 1.83.